The molecule has 0 saturated heterocycles. The lowest BCUT2D eigenvalue weighted by Gasteiger charge is -2.20. The molecule has 25 heavy (non-hydrogen) atoms. The summed E-state index contributed by atoms with van der Waals surface area (Å²) in [5, 5.41) is 5.31. The summed E-state index contributed by atoms with van der Waals surface area (Å²) in [7, 11) is 0. The van der Waals surface area contributed by atoms with E-state index in [1.54, 1.807) is 18.2 Å². The van der Waals surface area contributed by atoms with Crippen molar-refractivity contribution in [2.75, 3.05) is 11.4 Å². The van der Waals surface area contributed by atoms with Gasteiger partial charge in [0.1, 0.15) is 5.82 Å². The normalized spacial score (nSPS) is 14.2. The molecule has 1 aromatic carbocycles. The second-order valence-corrected chi connectivity index (χ2v) is 7.26. The van der Waals surface area contributed by atoms with Crippen molar-refractivity contribution in [3.63, 3.8) is 0 Å². The van der Waals surface area contributed by atoms with Gasteiger partial charge < -0.3 is 4.90 Å². The molecule has 0 unspecified atom stereocenters. The van der Waals surface area contributed by atoms with E-state index >= 15 is 0 Å². The lowest BCUT2D eigenvalue weighted by molar-refractivity contribution is 0.624. The van der Waals surface area contributed by atoms with E-state index in [4.69, 9.17) is 0 Å². The van der Waals surface area contributed by atoms with E-state index in [1.807, 2.05) is 13.0 Å². The van der Waals surface area contributed by atoms with Gasteiger partial charge in [0.15, 0.2) is 0 Å². The third-order valence-electron chi connectivity index (χ3n) is 4.41. The third kappa shape index (κ3) is 3.42. The van der Waals surface area contributed by atoms with Gasteiger partial charge in [-0.25, -0.2) is 9.37 Å². The molecule has 0 amide bonds. The van der Waals surface area contributed by atoms with Gasteiger partial charge >= 0.3 is 0 Å². The van der Waals surface area contributed by atoms with Crippen LogP contribution in [0.3, 0.4) is 0 Å². The van der Waals surface area contributed by atoms with Crippen molar-refractivity contribution in [2.24, 2.45) is 0 Å². The van der Waals surface area contributed by atoms with Crippen molar-refractivity contribution in [1.29, 1.82) is 0 Å². The molecule has 4 rings (SSSR count). The van der Waals surface area contributed by atoms with E-state index in [2.05, 4.69) is 15.0 Å². The molecule has 0 spiro atoms. The molecule has 1 aliphatic carbocycles. The van der Waals surface area contributed by atoms with Crippen LogP contribution < -0.4 is 10.5 Å². The fraction of sp³-hybridized carbons (Fsp3) is 0.389. The number of hydrogen-bond acceptors (Lipinski definition) is 5. The Hall–Kier alpha value is -2.28. The van der Waals surface area contributed by atoms with Gasteiger partial charge in [0.25, 0.3) is 5.56 Å². The van der Waals surface area contributed by atoms with E-state index in [0.29, 0.717) is 11.0 Å². The number of hydrogen-bond donors (Lipinski definition) is 0. The molecule has 2 heterocycles. The van der Waals surface area contributed by atoms with Crippen LogP contribution in [0.1, 0.15) is 31.0 Å². The van der Waals surface area contributed by atoms with Crippen molar-refractivity contribution >= 4 is 21.4 Å². The summed E-state index contributed by atoms with van der Waals surface area (Å²) in [5.74, 6) is -0.210. The van der Waals surface area contributed by atoms with Crippen molar-refractivity contribution in [1.82, 2.24) is 14.6 Å². The molecule has 3 aromatic rings. The maximum absolute atomic E-state index is 13.4. The highest BCUT2D eigenvalue weighted by Crippen LogP contribution is 2.33. The highest BCUT2D eigenvalue weighted by molar-refractivity contribution is 7.20. The zero-order valence-corrected chi connectivity index (χ0v) is 14.8. The zero-order valence-electron chi connectivity index (χ0n) is 14.0. The summed E-state index contributed by atoms with van der Waals surface area (Å²) in [6, 6.07) is 8.70. The van der Waals surface area contributed by atoms with Gasteiger partial charge in [0.05, 0.1) is 0 Å². The predicted octanol–water partition coefficient (Wildman–Crippen LogP) is 3.06. The van der Waals surface area contributed by atoms with Crippen LogP contribution in [-0.4, -0.2) is 27.2 Å². The first-order chi connectivity index (χ1) is 12.1. The minimum absolute atomic E-state index is 0.134. The molecule has 0 bridgehead atoms. The number of nitrogens with zero attached hydrogens (tertiary/aromatic N) is 4. The van der Waals surface area contributed by atoms with Gasteiger partial charge in [-0.3, -0.25) is 4.79 Å². The monoisotopic (exact) mass is 358 g/mol. The number of aromatic nitrogens is 3. The topological polar surface area (TPSA) is 50.5 Å². The van der Waals surface area contributed by atoms with Gasteiger partial charge in [-0.1, -0.05) is 30.4 Å². The maximum Gasteiger partial charge on any atom is 0.275 e. The Morgan fingerprint density at radius 2 is 2.20 bits per heavy atom. The first kappa shape index (κ1) is 16.2. The Kier molecular flexibility index (Phi) is 4.25. The summed E-state index contributed by atoms with van der Waals surface area (Å²) in [4.78, 5) is 19.6. The fourth-order valence-electron chi connectivity index (χ4n) is 2.91. The first-order valence-corrected chi connectivity index (χ1v) is 9.36. The lowest BCUT2D eigenvalue weighted by atomic mass is 10.1. The highest BCUT2D eigenvalue weighted by Gasteiger charge is 2.31. The number of halogens is 1. The molecule has 1 fully saturated rings. The van der Waals surface area contributed by atoms with Gasteiger partial charge in [0.2, 0.25) is 10.1 Å². The van der Waals surface area contributed by atoms with Crippen molar-refractivity contribution in [2.45, 2.75) is 38.6 Å². The number of benzene rings is 1. The lowest BCUT2D eigenvalue weighted by Crippen LogP contribution is -2.28. The third-order valence-corrected chi connectivity index (χ3v) is 5.36. The Morgan fingerprint density at radius 3 is 2.92 bits per heavy atom. The summed E-state index contributed by atoms with van der Waals surface area (Å²) < 4.78 is 14.8. The van der Waals surface area contributed by atoms with E-state index in [0.717, 1.165) is 48.6 Å². The van der Waals surface area contributed by atoms with Crippen LogP contribution >= 0.6 is 11.3 Å². The smallest absolute Gasteiger partial charge is 0.275 e. The maximum atomic E-state index is 13.4. The number of rotatable bonds is 6. The van der Waals surface area contributed by atoms with Gasteiger partial charge in [-0.2, -0.15) is 4.52 Å². The summed E-state index contributed by atoms with van der Waals surface area (Å²) in [6.07, 6.45) is 3.72. The van der Waals surface area contributed by atoms with Crippen molar-refractivity contribution in [3.05, 3.63) is 57.8 Å². The van der Waals surface area contributed by atoms with Crippen LogP contribution in [0.15, 0.2) is 35.1 Å². The van der Waals surface area contributed by atoms with Crippen LogP contribution in [0.4, 0.5) is 9.52 Å². The highest BCUT2D eigenvalue weighted by atomic mass is 32.1. The molecular weight excluding hydrogens is 339 g/mol. The second kappa shape index (κ2) is 6.55. The Morgan fingerprint density at radius 1 is 1.36 bits per heavy atom. The summed E-state index contributed by atoms with van der Waals surface area (Å²) in [5.41, 5.74) is 1.62. The number of aryl methyl sites for hydroxylation is 1. The van der Waals surface area contributed by atoms with Crippen LogP contribution in [-0.2, 0) is 12.8 Å². The minimum atomic E-state index is -0.210. The molecule has 1 aliphatic rings. The van der Waals surface area contributed by atoms with Gasteiger partial charge in [-0.05, 0) is 43.4 Å². The Bertz CT molecular complexity index is 963. The fourth-order valence-corrected chi connectivity index (χ4v) is 3.93. The minimum Gasteiger partial charge on any atom is -0.343 e. The molecule has 0 N–H and O–H groups in total. The van der Waals surface area contributed by atoms with Crippen LogP contribution in [0.25, 0.3) is 4.96 Å². The van der Waals surface area contributed by atoms with E-state index in [-0.39, 0.29) is 11.4 Å². The molecule has 1 saturated carbocycles. The molecule has 130 valence electrons. The molecule has 0 radical (unpaired) electrons. The number of anilines is 1. The largest absolute Gasteiger partial charge is 0.343 e. The van der Waals surface area contributed by atoms with Gasteiger partial charge in [-0.15, -0.1) is 5.10 Å². The molecule has 5 nitrogen and oxygen atoms in total. The molecule has 0 atom stereocenters. The molecule has 7 heteroatoms. The number of fused-ring (bicyclic) bond motifs is 1. The van der Waals surface area contributed by atoms with Crippen molar-refractivity contribution < 1.29 is 4.39 Å². The predicted molar refractivity (Wildman–Crippen MR) is 97.0 cm³/mol. The van der Waals surface area contributed by atoms with E-state index in [9.17, 15) is 9.18 Å². The Balaban J connectivity index is 1.61. The molecular formula is C18H19FN4OS. The quantitative estimate of drug-likeness (QED) is 0.680. The SMILES string of the molecule is CCc1cc(=O)n2nc(N(CCc3cccc(F)c3)C3CC3)sc2n1. The Labute approximate surface area is 148 Å². The average molecular weight is 358 g/mol. The van der Waals surface area contributed by atoms with Crippen molar-refractivity contribution in [3.8, 4) is 0 Å². The second-order valence-electron chi connectivity index (χ2n) is 6.32. The van der Waals surface area contributed by atoms with Gasteiger partial charge in [0, 0.05) is 24.3 Å². The summed E-state index contributed by atoms with van der Waals surface area (Å²) in [6.45, 7) is 2.74. The standard InChI is InChI=1S/C18H19FN4OS/c1-2-14-11-16(24)23-17(20-14)25-18(21-23)22(15-6-7-15)9-8-12-4-3-5-13(19)10-12/h3-5,10-11,15H,2,6-9H2,1H3. The van der Waals surface area contributed by atoms with Crippen LogP contribution in [0, 0.1) is 5.82 Å². The summed E-state index contributed by atoms with van der Waals surface area (Å²) >= 11 is 1.45. The molecule has 2 aromatic heterocycles. The van der Waals surface area contributed by atoms with Crippen LogP contribution in [0.2, 0.25) is 0 Å². The van der Waals surface area contributed by atoms with E-state index in [1.165, 1.54) is 21.9 Å². The zero-order chi connectivity index (χ0) is 17.4. The molecule has 0 aliphatic heterocycles. The average Bonchev–Trinajstić information content (AvgIpc) is 3.34. The first-order valence-electron chi connectivity index (χ1n) is 8.55. The van der Waals surface area contributed by atoms with Crippen LogP contribution in [0.5, 0.6) is 0 Å². The van der Waals surface area contributed by atoms with E-state index < -0.39 is 0 Å².